The number of piperazine rings is 1. The molecule has 1 saturated carbocycles. The predicted octanol–water partition coefficient (Wildman–Crippen LogP) is 4.74. The number of morpholine rings is 1. The summed E-state index contributed by atoms with van der Waals surface area (Å²) in [5.41, 5.74) is 6.02. The number of carbonyl (C=O) groups excluding carboxylic acids is 5. The van der Waals surface area contributed by atoms with Crippen LogP contribution in [-0.2, 0) is 57.6 Å². The molecular weight excluding hydrogens is 1090 g/mol. The number of esters is 1. The number of hydrogen-bond acceptors (Lipinski definition) is 16. The third-order valence-corrected chi connectivity index (χ3v) is 18.5. The van der Waals surface area contributed by atoms with Gasteiger partial charge in [0.25, 0.3) is 5.91 Å². The lowest BCUT2D eigenvalue weighted by atomic mass is 9.84. The van der Waals surface area contributed by atoms with E-state index in [1.54, 1.807) is 44.4 Å². The summed E-state index contributed by atoms with van der Waals surface area (Å²) >= 11 is 1.31. The van der Waals surface area contributed by atoms with E-state index in [4.69, 9.17) is 24.2 Å². The number of nitrogens with one attached hydrogen (secondary N) is 2. The Morgan fingerprint density at radius 3 is 2.46 bits per heavy atom. The molecule has 11 rings (SSSR count). The normalized spacial score (nSPS) is 25.0. The monoisotopic (exact) mass is 1170 g/mol. The van der Waals surface area contributed by atoms with Crippen LogP contribution in [-0.4, -0.2) is 222 Å². The lowest BCUT2D eigenvalue weighted by molar-refractivity contribution is -0.197. The van der Waals surface area contributed by atoms with E-state index in [0.717, 1.165) is 31.9 Å². The molecule has 20 nitrogen and oxygen atoms in total. The number of thiazole rings is 1. The van der Waals surface area contributed by atoms with E-state index in [1.807, 2.05) is 57.0 Å². The Hall–Kier alpha value is -5.76. The van der Waals surface area contributed by atoms with Gasteiger partial charge in [-0.25, -0.2) is 10.4 Å². The number of likely N-dealkylation sites (N-methyl/N-ethyl adjacent to an activating group) is 1. The van der Waals surface area contributed by atoms with Gasteiger partial charge >= 0.3 is 12.1 Å². The molecule has 0 radical (unpaired) electrons. The molecule has 1 aromatic carbocycles. The molecular formula is C59H79F3N12O8S. The lowest BCUT2D eigenvalue weighted by Crippen LogP contribution is -2.73. The van der Waals surface area contributed by atoms with Gasteiger partial charge in [0, 0.05) is 119 Å². The van der Waals surface area contributed by atoms with Crippen molar-refractivity contribution in [1.82, 2.24) is 54.8 Å². The molecule has 6 bridgehead atoms. The summed E-state index contributed by atoms with van der Waals surface area (Å²) in [6, 6.07) is 4.91. The second kappa shape index (κ2) is 23.3. The second-order valence-electron chi connectivity index (χ2n) is 25.3. The van der Waals surface area contributed by atoms with E-state index in [1.165, 1.54) is 38.7 Å². The fourth-order valence-electron chi connectivity index (χ4n) is 12.9. The number of benzene rings is 1. The maximum atomic E-state index is 15.2. The molecule has 2 unspecified atom stereocenters. The number of amides is 4. The molecule has 83 heavy (non-hydrogen) atoms. The van der Waals surface area contributed by atoms with Gasteiger partial charge in [-0.3, -0.25) is 48.7 Å². The standard InChI is InChI=1S/C59H79F3N12O8S/c1-35(2)51(70-20-21-82-58(30-70)31-72(32-58)55(78)47-27-71(47)28-49(75)67(6)7)53(76)65-44-24-48-64-45(29-83-48)37-11-14-46-40(22-37)42(25-57(4,5)34-81-56(79)43-10-9-15-74(66-43)54(44)77)52(73(46)33-59(60,61)62)41-23-39(26-63-50(41)36(3)80-8)69-18-16-68(17-19-69)38-12-13-38/h11,14,22-23,26,29,35-36,38,43-44,47,51,66H,9-10,12-13,15-21,24-25,27-28,30-34H2,1-8H3,(H,65,76)/t36-,43-,44-,47+,51?,71?/m0/s1. The molecule has 2 N–H and O–H groups in total. The number of alkyl halides is 3. The van der Waals surface area contributed by atoms with Crippen molar-refractivity contribution in [3.8, 4) is 22.5 Å². The van der Waals surface area contributed by atoms with Crippen LogP contribution in [0.3, 0.4) is 0 Å². The van der Waals surface area contributed by atoms with Crippen LogP contribution in [0.15, 0.2) is 35.8 Å². The third kappa shape index (κ3) is 12.7. The van der Waals surface area contributed by atoms with E-state index in [9.17, 15) is 24.0 Å². The van der Waals surface area contributed by atoms with Crippen molar-refractivity contribution in [1.29, 1.82) is 0 Å². The largest absolute Gasteiger partial charge is 0.464 e. The maximum Gasteiger partial charge on any atom is 0.406 e. The molecule has 1 spiro atoms. The van der Waals surface area contributed by atoms with Gasteiger partial charge in [0.2, 0.25) is 17.7 Å². The Kier molecular flexibility index (Phi) is 16.5. The van der Waals surface area contributed by atoms with Crippen LogP contribution >= 0.6 is 11.3 Å². The molecule has 4 aromatic rings. The third-order valence-electron chi connectivity index (χ3n) is 17.7. The van der Waals surface area contributed by atoms with Gasteiger partial charge in [0.1, 0.15) is 30.3 Å². The lowest BCUT2D eigenvalue weighted by Gasteiger charge is -2.55. The number of pyridine rings is 1. The highest BCUT2D eigenvalue weighted by Gasteiger charge is 2.55. The van der Waals surface area contributed by atoms with Crippen LogP contribution in [0.1, 0.15) is 82.7 Å². The smallest absolute Gasteiger partial charge is 0.406 e. The Morgan fingerprint density at radius 1 is 1.00 bits per heavy atom. The number of aromatic nitrogens is 3. The fraction of sp³-hybridized carbons (Fsp3) is 0.644. The summed E-state index contributed by atoms with van der Waals surface area (Å²) in [4.78, 5) is 91.8. The van der Waals surface area contributed by atoms with Crippen molar-refractivity contribution in [2.75, 3.05) is 111 Å². The molecule has 24 heteroatoms. The van der Waals surface area contributed by atoms with Crippen LogP contribution in [0, 0.1) is 11.3 Å². The van der Waals surface area contributed by atoms with Crippen molar-refractivity contribution < 1.29 is 51.4 Å². The summed E-state index contributed by atoms with van der Waals surface area (Å²) in [6.45, 7) is 14.3. The Balaban J connectivity index is 0.914. The molecule has 4 amide bonds. The van der Waals surface area contributed by atoms with Gasteiger partial charge in [-0.15, -0.1) is 11.3 Å². The highest BCUT2D eigenvalue weighted by atomic mass is 32.1. The van der Waals surface area contributed by atoms with Gasteiger partial charge in [-0.1, -0.05) is 33.8 Å². The Bertz CT molecular complexity index is 3110. The average molecular weight is 1170 g/mol. The fourth-order valence-corrected chi connectivity index (χ4v) is 13.8. The number of nitrogens with zero attached hydrogens (tertiary/aromatic N) is 10. The maximum absolute atomic E-state index is 15.2. The van der Waals surface area contributed by atoms with Gasteiger partial charge in [0.15, 0.2) is 0 Å². The van der Waals surface area contributed by atoms with Crippen LogP contribution in [0.4, 0.5) is 18.9 Å². The molecule has 9 heterocycles. The highest BCUT2D eigenvalue weighted by Crippen LogP contribution is 2.45. The first-order valence-corrected chi connectivity index (χ1v) is 30.2. The number of ether oxygens (including phenoxy) is 3. The van der Waals surface area contributed by atoms with Crippen molar-refractivity contribution in [2.24, 2.45) is 11.3 Å². The number of rotatable bonds is 13. The van der Waals surface area contributed by atoms with Crippen LogP contribution in [0.25, 0.3) is 33.4 Å². The van der Waals surface area contributed by atoms with Gasteiger partial charge in [-0.2, -0.15) is 13.2 Å². The summed E-state index contributed by atoms with van der Waals surface area (Å²) in [6.07, 6.45) is 0.0641. The molecule has 450 valence electrons. The molecule has 5 saturated heterocycles. The van der Waals surface area contributed by atoms with Gasteiger partial charge < -0.3 is 38.8 Å². The first kappa shape index (κ1) is 59.0. The quantitative estimate of drug-likeness (QED) is 0.138. The second-order valence-corrected chi connectivity index (χ2v) is 26.2. The zero-order valence-electron chi connectivity index (χ0n) is 48.9. The average Bonchev–Trinajstić information content (AvgIpc) is 2.02. The zero-order valence-corrected chi connectivity index (χ0v) is 49.7. The van der Waals surface area contributed by atoms with E-state index in [0.29, 0.717) is 108 Å². The van der Waals surface area contributed by atoms with Crippen molar-refractivity contribution in [3.63, 3.8) is 0 Å². The van der Waals surface area contributed by atoms with E-state index < -0.39 is 59.8 Å². The molecule has 6 aliphatic heterocycles. The number of hydrogen-bond donors (Lipinski definition) is 2. The van der Waals surface area contributed by atoms with Crippen molar-refractivity contribution in [2.45, 2.75) is 128 Å². The number of carbonyl (C=O) groups is 5. The van der Waals surface area contributed by atoms with E-state index >= 15 is 13.2 Å². The number of anilines is 1. The summed E-state index contributed by atoms with van der Waals surface area (Å²) in [5, 5.41) is 7.51. The van der Waals surface area contributed by atoms with Crippen LogP contribution < -0.4 is 15.6 Å². The number of fused-ring (bicyclic) bond motifs is 6. The van der Waals surface area contributed by atoms with Crippen molar-refractivity contribution >= 4 is 57.5 Å². The summed E-state index contributed by atoms with van der Waals surface area (Å²) in [5.74, 6) is -1.71. The minimum absolute atomic E-state index is 0.00299. The topological polar surface area (TPSA) is 190 Å². The minimum Gasteiger partial charge on any atom is -0.464 e. The Morgan fingerprint density at radius 2 is 1.76 bits per heavy atom. The first-order chi connectivity index (χ1) is 39.5. The zero-order chi connectivity index (χ0) is 58.9. The van der Waals surface area contributed by atoms with E-state index in [2.05, 4.69) is 25.4 Å². The molecule has 1 aliphatic carbocycles. The number of halogens is 3. The summed E-state index contributed by atoms with van der Waals surface area (Å²) in [7, 11) is 4.94. The van der Waals surface area contributed by atoms with Gasteiger partial charge in [-0.05, 0) is 68.7 Å². The minimum atomic E-state index is -4.62. The van der Waals surface area contributed by atoms with Crippen molar-refractivity contribution in [3.05, 3.63) is 52.1 Å². The summed E-state index contributed by atoms with van der Waals surface area (Å²) < 4.78 is 65.2. The predicted molar refractivity (Wildman–Crippen MR) is 306 cm³/mol. The van der Waals surface area contributed by atoms with Crippen LogP contribution in [0.2, 0.25) is 0 Å². The number of hydrazine groups is 1. The van der Waals surface area contributed by atoms with Gasteiger partial charge in [0.05, 0.1) is 79.0 Å². The van der Waals surface area contributed by atoms with E-state index in [-0.39, 0.29) is 62.2 Å². The molecule has 6 atom stereocenters. The molecule has 7 aliphatic rings. The molecule has 3 aromatic heterocycles. The number of cyclic esters (lactones) is 1. The number of methoxy groups -OCH3 is 1. The number of likely N-dealkylation sites (tertiary alicyclic amines) is 1. The SMILES string of the molecule is CO[C@@H](C)c1ncc(N2CCN(C3CC3)CC2)cc1-c1c2c3cc(ccc3n1CC(F)(F)F)-c1csc(n1)C[C@H](NC(=O)C(C(C)C)N1CCOC3(CN(C(=O)[C@H]4CN4CC(=O)N(C)C)C3)C1)C(=O)N1CCC[C@H](N1)C(=O)OCC(C)(C)C2. The van der Waals surface area contributed by atoms with Crippen LogP contribution in [0.5, 0.6) is 0 Å². The molecule has 6 fully saturated rings. The first-order valence-electron chi connectivity index (χ1n) is 29.3. The Labute approximate surface area is 486 Å². The highest BCUT2D eigenvalue weighted by molar-refractivity contribution is 7.10.